The summed E-state index contributed by atoms with van der Waals surface area (Å²) in [4.78, 5) is 12.3. The average Bonchev–Trinajstić information content (AvgIpc) is 2.93. The van der Waals surface area contributed by atoms with Crippen LogP contribution < -0.4 is 9.83 Å². The van der Waals surface area contributed by atoms with Crippen LogP contribution in [0.2, 0.25) is 0 Å². The molecular weight excluding hydrogens is 516 g/mol. The van der Waals surface area contributed by atoms with E-state index in [1.54, 1.807) is 12.1 Å². The van der Waals surface area contributed by atoms with Gasteiger partial charge in [0.1, 0.15) is 12.6 Å². The molecule has 1 heterocycles. The molecule has 0 bridgehead atoms. The van der Waals surface area contributed by atoms with Gasteiger partial charge in [0.25, 0.3) is 6.09 Å². The summed E-state index contributed by atoms with van der Waals surface area (Å²) in [7, 11) is -3.85. The predicted octanol–water partition coefficient (Wildman–Crippen LogP) is 2.63. The fraction of sp³-hybridized carbons (Fsp3) is 0.611. The zero-order chi connectivity index (χ0) is 21.3. The summed E-state index contributed by atoms with van der Waals surface area (Å²) in [6.07, 6.45) is -0.877. The first-order valence-electron chi connectivity index (χ1n) is 8.99. The van der Waals surface area contributed by atoms with E-state index in [0.717, 1.165) is 0 Å². The molecule has 1 aromatic carbocycles. The minimum Gasteiger partial charge on any atom is -0.498 e. The van der Waals surface area contributed by atoms with Crippen LogP contribution >= 0.6 is 31.9 Å². The van der Waals surface area contributed by atoms with Crippen LogP contribution in [0, 0.1) is 0 Å². The number of quaternary nitrogens is 1. The highest BCUT2D eigenvalue weighted by Gasteiger charge is 2.56. The summed E-state index contributed by atoms with van der Waals surface area (Å²) in [6.45, 7) is 8.07. The van der Waals surface area contributed by atoms with Gasteiger partial charge in [-0.1, -0.05) is 15.9 Å². The SMILES string of the molecule is CCOC[C@H]1C[C@@H](NS(=O)(=O)c2cc(Br)ccc2Br)C[N+]1(C(=O)[O-])C(C)(C)C. The summed E-state index contributed by atoms with van der Waals surface area (Å²) < 4.78 is 34.8. The van der Waals surface area contributed by atoms with E-state index in [0.29, 0.717) is 22.0 Å². The summed E-state index contributed by atoms with van der Waals surface area (Å²) >= 11 is 6.56. The molecule has 0 aromatic heterocycles. The van der Waals surface area contributed by atoms with Crippen molar-refractivity contribution in [2.45, 2.75) is 56.6 Å². The molecule has 1 aliphatic heterocycles. The van der Waals surface area contributed by atoms with Gasteiger partial charge in [0.2, 0.25) is 10.0 Å². The van der Waals surface area contributed by atoms with Crippen molar-refractivity contribution in [3.05, 3.63) is 27.1 Å². The Bertz CT molecular complexity index is 841. The molecule has 0 saturated carbocycles. The van der Waals surface area contributed by atoms with E-state index in [-0.39, 0.29) is 22.5 Å². The highest BCUT2D eigenvalue weighted by molar-refractivity contribution is 9.11. The number of nitrogens with one attached hydrogen (secondary N) is 1. The number of hydrogen-bond acceptors (Lipinski definition) is 5. The minimum atomic E-state index is -3.85. The molecule has 2 rings (SSSR count). The molecule has 1 aromatic rings. The molecular formula is C18H26Br2N2O5S. The second-order valence-corrected chi connectivity index (χ2v) is 11.4. The lowest BCUT2D eigenvalue weighted by Crippen LogP contribution is -2.71. The van der Waals surface area contributed by atoms with Crippen molar-refractivity contribution in [2.75, 3.05) is 19.8 Å². The Balaban J connectivity index is 2.37. The third-order valence-electron chi connectivity index (χ3n) is 5.23. The number of ether oxygens (including phenoxy) is 1. The molecule has 0 radical (unpaired) electrons. The smallest absolute Gasteiger partial charge is 0.258 e. The van der Waals surface area contributed by atoms with Crippen molar-refractivity contribution in [3.63, 3.8) is 0 Å². The van der Waals surface area contributed by atoms with Crippen molar-refractivity contribution in [1.82, 2.24) is 4.72 Å². The molecule has 1 N–H and O–H groups in total. The van der Waals surface area contributed by atoms with Crippen molar-refractivity contribution in [3.8, 4) is 0 Å². The number of nitrogens with zero attached hydrogens (tertiary/aromatic N) is 1. The van der Waals surface area contributed by atoms with E-state index in [9.17, 15) is 18.3 Å². The molecule has 1 aliphatic rings. The highest BCUT2D eigenvalue weighted by Crippen LogP contribution is 2.37. The Labute approximate surface area is 183 Å². The van der Waals surface area contributed by atoms with Gasteiger partial charge in [0.05, 0.1) is 23.1 Å². The largest absolute Gasteiger partial charge is 0.498 e. The molecule has 7 nitrogen and oxygen atoms in total. The number of halogens is 2. The number of carbonyl (C=O) groups is 1. The fourth-order valence-corrected chi connectivity index (χ4v) is 6.64. The van der Waals surface area contributed by atoms with Crippen LogP contribution in [0.15, 0.2) is 32.0 Å². The average molecular weight is 542 g/mol. The third-order valence-corrected chi connectivity index (χ3v) is 8.24. The van der Waals surface area contributed by atoms with Gasteiger partial charge in [-0.05, 0) is 61.8 Å². The van der Waals surface area contributed by atoms with Gasteiger partial charge in [-0.15, -0.1) is 0 Å². The first-order chi connectivity index (χ1) is 12.8. The van der Waals surface area contributed by atoms with Gasteiger partial charge in [-0.25, -0.2) is 13.1 Å². The van der Waals surface area contributed by atoms with Gasteiger partial charge >= 0.3 is 0 Å². The molecule has 1 saturated heterocycles. The van der Waals surface area contributed by atoms with E-state index >= 15 is 0 Å². The molecule has 10 heteroatoms. The van der Waals surface area contributed by atoms with Crippen molar-refractivity contribution < 1.29 is 27.5 Å². The quantitative estimate of drug-likeness (QED) is 0.558. The third kappa shape index (κ3) is 4.62. The molecule has 3 atom stereocenters. The number of amides is 1. The number of carbonyl (C=O) groups excluding carboxylic acids is 1. The van der Waals surface area contributed by atoms with E-state index in [1.165, 1.54) is 6.07 Å². The molecule has 28 heavy (non-hydrogen) atoms. The lowest BCUT2D eigenvalue weighted by Gasteiger charge is -2.49. The highest BCUT2D eigenvalue weighted by atomic mass is 79.9. The second kappa shape index (κ2) is 8.69. The maximum Gasteiger partial charge on any atom is 0.258 e. The van der Waals surface area contributed by atoms with Crippen LogP contribution in [0.1, 0.15) is 34.1 Å². The zero-order valence-electron chi connectivity index (χ0n) is 16.4. The van der Waals surface area contributed by atoms with Crippen molar-refractivity contribution in [1.29, 1.82) is 0 Å². The van der Waals surface area contributed by atoms with Gasteiger partial charge in [0.15, 0.2) is 0 Å². The van der Waals surface area contributed by atoms with E-state index in [1.807, 2.05) is 27.7 Å². The lowest BCUT2D eigenvalue weighted by atomic mass is 10.00. The lowest BCUT2D eigenvalue weighted by molar-refractivity contribution is -0.930. The molecule has 0 aliphatic carbocycles. The molecule has 1 fully saturated rings. The van der Waals surface area contributed by atoms with Gasteiger partial charge in [0, 0.05) is 22.0 Å². The standard InChI is InChI=1S/C18H26Br2N2O5S/c1-5-27-11-14-9-13(10-22(14,17(23)24)18(2,3)4)21-28(25,26)16-8-12(19)6-7-15(16)20/h6-8,13-14,21H,5,9-11H2,1-4H3/t13-,14-,22?/m1/s1. The molecule has 1 amide bonds. The second-order valence-electron chi connectivity index (χ2n) is 7.93. The summed E-state index contributed by atoms with van der Waals surface area (Å²) in [6, 6.07) is 3.90. The van der Waals surface area contributed by atoms with E-state index < -0.39 is 33.7 Å². The van der Waals surface area contributed by atoms with Gasteiger partial charge < -0.3 is 14.6 Å². The Hall–Kier alpha value is -0.520. The first kappa shape index (κ1) is 23.8. The van der Waals surface area contributed by atoms with Crippen LogP contribution in [0.3, 0.4) is 0 Å². The van der Waals surface area contributed by atoms with Gasteiger partial charge in [-0.2, -0.15) is 0 Å². The van der Waals surface area contributed by atoms with Crippen LogP contribution in [0.4, 0.5) is 4.79 Å². The van der Waals surface area contributed by atoms with Crippen molar-refractivity contribution in [2.24, 2.45) is 0 Å². The Morgan fingerprint density at radius 1 is 1.36 bits per heavy atom. The summed E-state index contributed by atoms with van der Waals surface area (Å²) in [5.41, 5.74) is -0.683. The number of likely N-dealkylation sites (tertiary alicyclic amines) is 1. The monoisotopic (exact) mass is 540 g/mol. The predicted molar refractivity (Wildman–Crippen MR) is 111 cm³/mol. The van der Waals surface area contributed by atoms with Crippen LogP contribution in [0.5, 0.6) is 0 Å². The maximum absolute atomic E-state index is 12.9. The minimum absolute atomic E-state index is 0.0917. The summed E-state index contributed by atoms with van der Waals surface area (Å²) in [5.74, 6) is 0. The maximum atomic E-state index is 12.9. The molecule has 1 unspecified atom stereocenters. The molecule has 0 spiro atoms. The fourth-order valence-electron chi connectivity index (χ4n) is 3.90. The number of hydrogen-bond donors (Lipinski definition) is 1. The normalized spacial score (nSPS) is 25.8. The van der Waals surface area contributed by atoms with E-state index in [2.05, 4.69) is 36.6 Å². The van der Waals surface area contributed by atoms with Crippen LogP contribution in [-0.2, 0) is 14.8 Å². The van der Waals surface area contributed by atoms with E-state index in [4.69, 9.17) is 4.74 Å². The van der Waals surface area contributed by atoms with Crippen molar-refractivity contribution >= 4 is 48.0 Å². The van der Waals surface area contributed by atoms with Crippen LogP contribution in [0.25, 0.3) is 0 Å². The number of rotatable bonds is 6. The van der Waals surface area contributed by atoms with Gasteiger partial charge in [-0.3, -0.25) is 4.48 Å². The number of benzene rings is 1. The van der Waals surface area contributed by atoms with Crippen LogP contribution in [-0.4, -0.2) is 56.4 Å². The number of carboxylic acid groups (broad SMARTS) is 1. The number of sulfonamides is 1. The zero-order valence-corrected chi connectivity index (χ0v) is 20.4. The topological polar surface area (TPSA) is 95.5 Å². The Morgan fingerprint density at radius 3 is 2.54 bits per heavy atom. The Morgan fingerprint density at radius 2 is 2.00 bits per heavy atom. The first-order valence-corrected chi connectivity index (χ1v) is 12.1. The molecule has 158 valence electrons. The summed E-state index contributed by atoms with van der Waals surface area (Å²) in [5, 5.41) is 12.2. The Kier molecular flexibility index (Phi) is 7.37.